The Balaban J connectivity index is 1.18. The van der Waals surface area contributed by atoms with E-state index in [1.807, 2.05) is 0 Å². The van der Waals surface area contributed by atoms with E-state index in [0.717, 1.165) is 71.3 Å². The summed E-state index contributed by atoms with van der Waals surface area (Å²) >= 11 is 0. The van der Waals surface area contributed by atoms with Gasteiger partial charge in [0, 0.05) is 50.8 Å². The third-order valence-corrected chi connectivity index (χ3v) is 19.1. The van der Waals surface area contributed by atoms with Crippen LogP contribution in [0, 0.1) is 0 Å². The van der Waals surface area contributed by atoms with E-state index in [9.17, 15) is 0 Å². The Morgan fingerprint density at radius 2 is 1.34 bits per heavy atom. The van der Waals surface area contributed by atoms with Crippen molar-refractivity contribution in [3.05, 3.63) is 207 Å². The summed E-state index contributed by atoms with van der Waals surface area (Å²) in [6, 6.07) is 39.6. The van der Waals surface area contributed by atoms with Crippen molar-refractivity contribution < 1.29 is 0 Å². The maximum absolute atomic E-state index is 6.86. The Morgan fingerprint density at radius 1 is 0.645 bits per heavy atom. The zero-order valence-electron chi connectivity index (χ0n) is 47.2. The standard InChI is InChI=1S/C72H75B2N2/c1-13-45-39-57-59(71(9,10)37-36-69(57,5)6)42-53(45)67-44(2)74-66-63(76(67)62-33-29-49(73)40-52(62)47-24-18-15-19-25-47)43-60-64(51-26-20-21-27-55(51)72(60,11)12)65(66)54-38-48(46-22-16-14-17-23-46)28-32-61(54)75-50-30-31-56-58(41-50)70(7,8)35-34-68(56,3)4/h13-20,22,24-26,28-33,38-43,46,75H,1,21,23,27,34-37H2,2-12H3. The minimum absolute atomic E-state index is 0.00327. The van der Waals surface area contributed by atoms with Gasteiger partial charge in [-0.25, -0.2) is 0 Å². The zero-order chi connectivity index (χ0) is 53.3. The molecule has 0 amide bonds. The minimum Gasteiger partial charge on any atom is -0.355 e. The Bertz CT molecular complexity index is 3580. The molecule has 6 aromatic rings. The van der Waals surface area contributed by atoms with Crippen LogP contribution in [-0.4, -0.2) is 15.1 Å². The Hall–Kier alpha value is -6.51. The number of fused-ring (bicyclic) bond motifs is 5. The van der Waals surface area contributed by atoms with Gasteiger partial charge < -0.3 is 10.2 Å². The molecule has 0 spiro atoms. The number of benzene rings is 6. The summed E-state index contributed by atoms with van der Waals surface area (Å²) in [6.45, 7) is 31.3. The van der Waals surface area contributed by atoms with Crippen LogP contribution in [0.25, 0.3) is 39.6 Å². The monoisotopic (exact) mass is 990 g/mol. The number of hydrogen-bond acceptors (Lipinski definition) is 2. The predicted molar refractivity (Wildman–Crippen MR) is 330 cm³/mol. The van der Waals surface area contributed by atoms with Gasteiger partial charge in [0.2, 0.25) is 0 Å². The smallest absolute Gasteiger partial charge is 0.191 e. The van der Waals surface area contributed by atoms with Gasteiger partial charge in [0.15, 0.2) is 7.28 Å². The van der Waals surface area contributed by atoms with Gasteiger partial charge in [-0.3, -0.25) is 0 Å². The van der Waals surface area contributed by atoms with Gasteiger partial charge in [-0.15, -0.1) is 0 Å². The molecule has 6 aromatic carbocycles. The first kappa shape index (κ1) is 50.3. The van der Waals surface area contributed by atoms with Gasteiger partial charge in [0.05, 0.1) is 5.69 Å². The fourth-order valence-electron chi connectivity index (χ4n) is 14.3. The minimum atomic E-state index is -0.225. The zero-order valence-corrected chi connectivity index (χ0v) is 47.2. The van der Waals surface area contributed by atoms with Crippen molar-refractivity contribution in [2.75, 3.05) is 10.2 Å². The summed E-state index contributed by atoms with van der Waals surface area (Å²) in [7, 11) is 9.40. The lowest BCUT2D eigenvalue weighted by molar-refractivity contribution is 0.332. The average molecular weight is 990 g/mol. The van der Waals surface area contributed by atoms with Gasteiger partial charge in [-0.1, -0.05) is 196 Å². The fraction of sp³-hybridized carbons (Fsp3) is 0.333. The Labute approximate surface area is 457 Å². The molecule has 379 valence electrons. The highest BCUT2D eigenvalue weighted by Crippen LogP contribution is 2.58. The largest absolute Gasteiger partial charge is 0.355 e. The van der Waals surface area contributed by atoms with Crippen molar-refractivity contribution in [2.24, 2.45) is 0 Å². The molecular formula is C72H75B2N2. The van der Waals surface area contributed by atoms with Crippen molar-refractivity contribution in [1.29, 1.82) is 0 Å². The number of hydrogen-bond donors (Lipinski definition) is 1. The lowest BCUT2D eigenvalue weighted by atomic mass is 9.56. The van der Waals surface area contributed by atoms with Gasteiger partial charge >= 0.3 is 0 Å². The molecule has 1 heterocycles. The van der Waals surface area contributed by atoms with Crippen LogP contribution >= 0.6 is 0 Å². The van der Waals surface area contributed by atoms with Crippen LogP contribution in [0.15, 0.2) is 157 Å². The molecule has 0 saturated heterocycles. The summed E-state index contributed by atoms with van der Waals surface area (Å²) in [4.78, 5) is 2.63. The van der Waals surface area contributed by atoms with Crippen LogP contribution in [-0.2, 0) is 27.1 Å². The topological polar surface area (TPSA) is 15.3 Å². The van der Waals surface area contributed by atoms with E-state index in [4.69, 9.17) is 7.85 Å². The molecule has 0 aromatic heterocycles. The molecule has 1 N–H and O–H groups in total. The maximum atomic E-state index is 6.86. The first-order valence-corrected chi connectivity index (χ1v) is 28.3. The highest BCUT2D eigenvalue weighted by atomic mass is 15.2. The van der Waals surface area contributed by atoms with Crippen LogP contribution < -0.4 is 21.1 Å². The second-order valence-corrected chi connectivity index (χ2v) is 26.3. The molecule has 1 unspecified atom stereocenters. The second kappa shape index (κ2) is 18.0. The number of rotatable bonds is 8. The van der Waals surface area contributed by atoms with Crippen molar-refractivity contribution in [1.82, 2.24) is 0 Å². The van der Waals surface area contributed by atoms with Crippen molar-refractivity contribution >= 4 is 66.1 Å². The second-order valence-electron chi connectivity index (χ2n) is 26.3. The van der Waals surface area contributed by atoms with Crippen molar-refractivity contribution in [3.8, 4) is 22.3 Å². The lowest BCUT2D eigenvalue weighted by Gasteiger charge is -2.44. The van der Waals surface area contributed by atoms with E-state index in [0.29, 0.717) is 0 Å². The summed E-state index contributed by atoms with van der Waals surface area (Å²) in [5.74, 6) is 0.269. The molecule has 76 heavy (non-hydrogen) atoms. The number of anilines is 4. The summed E-state index contributed by atoms with van der Waals surface area (Å²) < 4.78 is 0. The van der Waals surface area contributed by atoms with Gasteiger partial charge in [-0.05, 0) is 183 Å². The first-order chi connectivity index (χ1) is 36.2. The first-order valence-electron chi connectivity index (χ1n) is 28.3. The molecular weight excluding hydrogens is 914 g/mol. The normalized spacial score (nSPS) is 20.8. The number of nitrogens with zero attached hydrogens (tertiary/aromatic N) is 1. The summed E-state index contributed by atoms with van der Waals surface area (Å²) in [6.07, 6.45) is 23.8. The van der Waals surface area contributed by atoms with E-state index in [1.165, 1.54) is 102 Å². The van der Waals surface area contributed by atoms with Crippen LogP contribution in [0.3, 0.4) is 0 Å². The molecule has 5 aliphatic carbocycles. The number of nitrogens with one attached hydrogen (secondary N) is 1. The van der Waals surface area contributed by atoms with Crippen molar-refractivity contribution in [2.45, 2.75) is 154 Å². The highest BCUT2D eigenvalue weighted by Gasteiger charge is 2.45. The summed E-state index contributed by atoms with van der Waals surface area (Å²) in [5, 5.41) is 4.16. The molecule has 0 saturated carbocycles. The van der Waals surface area contributed by atoms with Crippen molar-refractivity contribution in [3.63, 3.8) is 0 Å². The van der Waals surface area contributed by atoms with Gasteiger partial charge in [-0.2, -0.15) is 0 Å². The van der Waals surface area contributed by atoms with E-state index in [1.54, 1.807) is 0 Å². The number of allylic oxidation sites excluding steroid dienone is 9. The predicted octanol–water partition coefficient (Wildman–Crippen LogP) is 17.8. The van der Waals surface area contributed by atoms with E-state index < -0.39 is 0 Å². The lowest BCUT2D eigenvalue weighted by Crippen LogP contribution is -2.37. The van der Waals surface area contributed by atoms with E-state index >= 15 is 0 Å². The van der Waals surface area contributed by atoms with Crippen LogP contribution in [0.1, 0.15) is 177 Å². The maximum Gasteiger partial charge on any atom is 0.191 e. The fourth-order valence-corrected chi connectivity index (χ4v) is 14.3. The molecule has 12 rings (SSSR count). The molecule has 0 fully saturated rings. The SMILES string of the molecule is [B]c1ccc(N2C(c3cc4c(cc3C=C)C(C)(C)CCC4(C)C)=C(C)[B]c3c2cc2c(c3-c3cc(C4C=CC=CC4)ccc3Nc3ccc4c(c3)C(C)(C)CCC4(C)C)C3=C(CCC=C3)C2(C)C)c(-c2ccccc2)c1. The molecule has 6 aliphatic rings. The molecule has 0 bridgehead atoms. The summed E-state index contributed by atoms with van der Waals surface area (Å²) in [5.41, 5.74) is 28.8. The Kier molecular flexibility index (Phi) is 11.9. The molecule has 3 radical (unpaired) electrons. The highest BCUT2D eigenvalue weighted by molar-refractivity contribution is 6.67. The van der Waals surface area contributed by atoms with E-state index in [-0.39, 0.29) is 33.0 Å². The third-order valence-electron chi connectivity index (χ3n) is 19.1. The van der Waals surface area contributed by atoms with Crippen LogP contribution in [0.4, 0.5) is 22.7 Å². The van der Waals surface area contributed by atoms with E-state index in [2.05, 4.69) is 246 Å². The average Bonchev–Trinajstić information content (AvgIpc) is 3.66. The third kappa shape index (κ3) is 8.14. The quantitative estimate of drug-likeness (QED) is 0.153. The van der Waals surface area contributed by atoms with Gasteiger partial charge in [0.1, 0.15) is 7.85 Å². The van der Waals surface area contributed by atoms with Crippen LogP contribution in [0.5, 0.6) is 0 Å². The van der Waals surface area contributed by atoms with Gasteiger partial charge in [0.25, 0.3) is 0 Å². The Morgan fingerprint density at radius 3 is 2.04 bits per heavy atom. The molecule has 1 aliphatic heterocycles. The van der Waals surface area contributed by atoms with Crippen LogP contribution in [0.2, 0.25) is 0 Å². The molecule has 4 heteroatoms. The molecule has 2 nitrogen and oxygen atoms in total. The molecule has 1 atom stereocenters.